The molecule has 4 heteroatoms. The van der Waals surface area contributed by atoms with Crippen molar-refractivity contribution in [1.82, 2.24) is 5.32 Å². The number of hydrogen-bond donors (Lipinski definition) is 2. The smallest absolute Gasteiger partial charge is 0.251 e. The molecule has 1 fully saturated rings. The molecular weight excluding hydrogens is 240 g/mol. The lowest BCUT2D eigenvalue weighted by Gasteiger charge is -2.11. The number of carbonyl (C=O) groups excluding carboxylic acids is 1. The van der Waals surface area contributed by atoms with Crippen LogP contribution in [0.5, 0.6) is 0 Å². The lowest BCUT2D eigenvalue weighted by atomic mass is 10.1. The van der Waals surface area contributed by atoms with Crippen molar-refractivity contribution < 1.29 is 9.53 Å². The summed E-state index contributed by atoms with van der Waals surface area (Å²) in [5, 5.41) is 6.26. The number of anilines is 1. The molecule has 1 unspecified atom stereocenters. The molecule has 0 radical (unpaired) electrons. The number of rotatable bonds is 6. The molecule has 0 saturated carbocycles. The van der Waals surface area contributed by atoms with Gasteiger partial charge in [0, 0.05) is 36.9 Å². The summed E-state index contributed by atoms with van der Waals surface area (Å²) >= 11 is 0. The van der Waals surface area contributed by atoms with E-state index in [0.29, 0.717) is 11.5 Å². The highest BCUT2D eigenvalue weighted by molar-refractivity contribution is 5.95. The SMILES string of the molecule is CCCNC(=O)c1cccc(NCC2CCOC2)c1. The van der Waals surface area contributed by atoms with Gasteiger partial charge in [0.1, 0.15) is 0 Å². The summed E-state index contributed by atoms with van der Waals surface area (Å²) < 4.78 is 5.35. The Morgan fingerprint density at radius 3 is 3.11 bits per heavy atom. The van der Waals surface area contributed by atoms with Gasteiger partial charge in [-0.15, -0.1) is 0 Å². The summed E-state index contributed by atoms with van der Waals surface area (Å²) in [7, 11) is 0. The second kappa shape index (κ2) is 7.14. The van der Waals surface area contributed by atoms with Crippen molar-refractivity contribution >= 4 is 11.6 Å². The molecular formula is C15H22N2O2. The van der Waals surface area contributed by atoms with Crippen molar-refractivity contribution in [3.63, 3.8) is 0 Å². The number of amides is 1. The molecule has 1 saturated heterocycles. The molecule has 2 rings (SSSR count). The van der Waals surface area contributed by atoms with Crippen molar-refractivity contribution in [2.75, 3.05) is 31.6 Å². The van der Waals surface area contributed by atoms with E-state index in [2.05, 4.69) is 10.6 Å². The standard InChI is InChI=1S/C15H22N2O2/c1-2-7-16-15(18)13-4-3-5-14(9-13)17-10-12-6-8-19-11-12/h3-5,9,12,17H,2,6-8,10-11H2,1H3,(H,16,18). The predicted molar refractivity (Wildman–Crippen MR) is 76.5 cm³/mol. The van der Waals surface area contributed by atoms with Crippen LogP contribution >= 0.6 is 0 Å². The fraction of sp³-hybridized carbons (Fsp3) is 0.533. The quantitative estimate of drug-likeness (QED) is 0.827. The Bertz CT molecular complexity index is 414. The van der Waals surface area contributed by atoms with Gasteiger partial charge in [-0.05, 0) is 31.0 Å². The molecule has 0 bridgehead atoms. The van der Waals surface area contributed by atoms with E-state index >= 15 is 0 Å². The maximum absolute atomic E-state index is 11.9. The Hall–Kier alpha value is -1.55. The van der Waals surface area contributed by atoms with E-state index in [4.69, 9.17) is 4.74 Å². The highest BCUT2D eigenvalue weighted by Crippen LogP contribution is 2.15. The molecule has 0 spiro atoms. The minimum absolute atomic E-state index is 0.00491. The number of ether oxygens (including phenoxy) is 1. The highest BCUT2D eigenvalue weighted by atomic mass is 16.5. The van der Waals surface area contributed by atoms with Gasteiger partial charge >= 0.3 is 0 Å². The van der Waals surface area contributed by atoms with Crippen molar-refractivity contribution in [3.8, 4) is 0 Å². The van der Waals surface area contributed by atoms with E-state index in [0.717, 1.165) is 44.8 Å². The van der Waals surface area contributed by atoms with Gasteiger partial charge in [-0.25, -0.2) is 0 Å². The lowest BCUT2D eigenvalue weighted by Crippen LogP contribution is -2.24. The summed E-state index contributed by atoms with van der Waals surface area (Å²) in [6.45, 7) is 5.37. The highest BCUT2D eigenvalue weighted by Gasteiger charge is 2.15. The Balaban J connectivity index is 1.88. The third kappa shape index (κ3) is 4.24. The summed E-state index contributed by atoms with van der Waals surface area (Å²) in [6, 6.07) is 7.65. The number of benzene rings is 1. The second-order valence-corrected chi connectivity index (χ2v) is 4.95. The normalized spacial score (nSPS) is 18.3. The van der Waals surface area contributed by atoms with E-state index in [1.807, 2.05) is 31.2 Å². The third-order valence-corrected chi connectivity index (χ3v) is 3.28. The van der Waals surface area contributed by atoms with Crippen molar-refractivity contribution in [1.29, 1.82) is 0 Å². The maximum Gasteiger partial charge on any atom is 0.251 e. The minimum Gasteiger partial charge on any atom is -0.385 e. The van der Waals surface area contributed by atoms with E-state index < -0.39 is 0 Å². The van der Waals surface area contributed by atoms with Gasteiger partial charge in [-0.1, -0.05) is 13.0 Å². The van der Waals surface area contributed by atoms with Crippen LogP contribution in [0.15, 0.2) is 24.3 Å². The first kappa shape index (κ1) is 13.9. The Kier molecular flexibility index (Phi) is 5.21. The van der Waals surface area contributed by atoms with Crippen LogP contribution in [-0.2, 0) is 4.74 Å². The van der Waals surface area contributed by atoms with Crippen LogP contribution in [0.1, 0.15) is 30.1 Å². The van der Waals surface area contributed by atoms with Gasteiger partial charge in [0.25, 0.3) is 5.91 Å². The molecule has 2 N–H and O–H groups in total. The predicted octanol–water partition coefficient (Wildman–Crippen LogP) is 2.27. The van der Waals surface area contributed by atoms with E-state index in [1.165, 1.54) is 0 Å². The summed E-state index contributed by atoms with van der Waals surface area (Å²) in [6.07, 6.45) is 2.06. The number of nitrogens with one attached hydrogen (secondary N) is 2. The molecule has 104 valence electrons. The van der Waals surface area contributed by atoms with Crippen molar-refractivity contribution in [2.45, 2.75) is 19.8 Å². The number of hydrogen-bond acceptors (Lipinski definition) is 3. The Morgan fingerprint density at radius 2 is 2.37 bits per heavy atom. The van der Waals surface area contributed by atoms with E-state index in [-0.39, 0.29) is 5.91 Å². The molecule has 0 aromatic heterocycles. The average molecular weight is 262 g/mol. The van der Waals surface area contributed by atoms with Gasteiger partial charge in [0.2, 0.25) is 0 Å². The molecule has 1 aliphatic rings. The summed E-state index contributed by atoms with van der Waals surface area (Å²) in [5.41, 5.74) is 1.71. The molecule has 1 aromatic rings. The van der Waals surface area contributed by atoms with Crippen molar-refractivity contribution in [2.24, 2.45) is 5.92 Å². The number of carbonyl (C=O) groups is 1. The zero-order valence-electron chi connectivity index (χ0n) is 11.4. The van der Waals surface area contributed by atoms with Crippen LogP contribution in [0.3, 0.4) is 0 Å². The van der Waals surface area contributed by atoms with Gasteiger partial charge in [-0.3, -0.25) is 4.79 Å². The lowest BCUT2D eigenvalue weighted by molar-refractivity contribution is 0.0953. The minimum atomic E-state index is -0.00491. The van der Waals surface area contributed by atoms with Gasteiger partial charge in [0.15, 0.2) is 0 Å². The largest absolute Gasteiger partial charge is 0.385 e. The van der Waals surface area contributed by atoms with Gasteiger partial charge < -0.3 is 15.4 Å². The molecule has 19 heavy (non-hydrogen) atoms. The molecule has 1 heterocycles. The van der Waals surface area contributed by atoms with Crippen LogP contribution in [0.4, 0.5) is 5.69 Å². The van der Waals surface area contributed by atoms with Crippen LogP contribution in [0, 0.1) is 5.92 Å². The topological polar surface area (TPSA) is 50.4 Å². The van der Waals surface area contributed by atoms with Crippen LogP contribution in [0.25, 0.3) is 0 Å². The van der Waals surface area contributed by atoms with Gasteiger partial charge in [0.05, 0.1) is 6.61 Å². The first-order chi connectivity index (χ1) is 9.29. The first-order valence-corrected chi connectivity index (χ1v) is 6.99. The Labute approximate surface area is 114 Å². The average Bonchev–Trinajstić information content (AvgIpc) is 2.96. The molecule has 4 nitrogen and oxygen atoms in total. The fourth-order valence-corrected chi connectivity index (χ4v) is 2.12. The zero-order chi connectivity index (χ0) is 13.5. The molecule has 1 amide bonds. The molecule has 1 aliphatic heterocycles. The van der Waals surface area contributed by atoms with E-state index in [1.54, 1.807) is 0 Å². The maximum atomic E-state index is 11.9. The van der Waals surface area contributed by atoms with Gasteiger partial charge in [-0.2, -0.15) is 0 Å². The summed E-state index contributed by atoms with van der Waals surface area (Å²) in [5.74, 6) is 0.576. The summed E-state index contributed by atoms with van der Waals surface area (Å²) in [4.78, 5) is 11.9. The van der Waals surface area contributed by atoms with Crippen LogP contribution < -0.4 is 10.6 Å². The fourth-order valence-electron chi connectivity index (χ4n) is 2.12. The molecule has 1 aromatic carbocycles. The second-order valence-electron chi connectivity index (χ2n) is 4.95. The third-order valence-electron chi connectivity index (χ3n) is 3.28. The Morgan fingerprint density at radius 1 is 1.47 bits per heavy atom. The van der Waals surface area contributed by atoms with Crippen LogP contribution in [0.2, 0.25) is 0 Å². The van der Waals surface area contributed by atoms with Crippen molar-refractivity contribution in [3.05, 3.63) is 29.8 Å². The molecule has 1 atom stereocenters. The first-order valence-electron chi connectivity index (χ1n) is 6.99. The van der Waals surface area contributed by atoms with Crippen LogP contribution in [-0.4, -0.2) is 32.2 Å². The zero-order valence-corrected chi connectivity index (χ0v) is 11.4. The van der Waals surface area contributed by atoms with E-state index in [9.17, 15) is 4.79 Å². The monoisotopic (exact) mass is 262 g/mol. The molecule has 0 aliphatic carbocycles.